The van der Waals surface area contributed by atoms with Crippen molar-refractivity contribution in [3.8, 4) is 5.75 Å². The average molecular weight is 347 g/mol. The molecule has 0 amide bonds. The highest BCUT2D eigenvalue weighted by Crippen LogP contribution is 2.29. The Labute approximate surface area is 151 Å². The van der Waals surface area contributed by atoms with Crippen LogP contribution in [0.4, 0.5) is 0 Å². The summed E-state index contributed by atoms with van der Waals surface area (Å²) in [5, 5.41) is 0. The van der Waals surface area contributed by atoms with Crippen LogP contribution in [-0.2, 0) is 13.2 Å². The molecule has 1 unspecified atom stereocenters. The summed E-state index contributed by atoms with van der Waals surface area (Å²) < 4.78 is 5.92. The lowest BCUT2D eigenvalue weighted by Gasteiger charge is -2.22. The third kappa shape index (κ3) is 4.97. The Hall–Kier alpha value is -1.55. The number of likely N-dealkylation sites (tertiary alicyclic amines) is 1. The molecule has 1 aliphatic heterocycles. The highest BCUT2D eigenvalue weighted by molar-refractivity contribution is 5.85. The van der Waals surface area contributed by atoms with Crippen LogP contribution in [0, 0.1) is 5.41 Å². The van der Waals surface area contributed by atoms with Gasteiger partial charge in [-0.1, -0.05) is 49.4 Å². The minimum atomic E-state index is 0. The lowest BCUT2D eigenvalue weighted by molar-refractivity contribution is 0.273. The first-order valence-electron chi connectivity index (χ1n) is 8.35. The van der Waals surface area contributed by atoms with Crippen molar-refractivity contribution in [1.29, 1.82) is 0 Å². The summed E-state index contributed by atoms with van der Waals surface area (Å²) in [6.07, 6.45) is 1.19. The van der Waals surface area contributed by atoms with Crippen molar-refractivity contribution in [2.75, 3.05) is 19.6 Å². The molecule has 130 valence electrons. The van der Waals surface area contributed by atoms with Gasteiger partial charge < -0.3 is 10.5 Å². The first-order valence-corrected chi connectivity index (χ1v) is 8.35. The van der Waals surface area contributed by atoms with Gasteiger partial charge in [0.25, 0.3) is 0 Å². The predicted octanol–water partition coefficient (Wildman–Crippen LogP) is 3.86. The standard InChI is InChI=1S/C20H26N2O.ClH/c1-20(15-21)10-11-22(16-20)13-18-8-5-9-19(12-18)23-14-17-6-3-2-4-7-17;/h2-9,12H,10-11,13-16,21H2,1H3;1H. The molecule has 24 heavy (non-hydrogen) atoms. The third-order valence-corrected chi connectivity index (χ3v) is 4.68. The predicted molar refractivity (Wildman–Crippen MR) is 102 cm³/mol. The van der Waals surface area contributed by atoms with Crippen LogP contribution in [0.1, 0.15) is 24.5 Å². The van der Waals surface area contributed by atoms with E-state index in [1.165, 1.54) is 17.5 Å². The first kappa shape index (κ1) is 18.8. The van der Waals surface area contributed by atoms with Gasteiger partial charge in [-0.15, -0.1) is 12.4 Å². The Bertz CT molecular complexity index is 635. The molecular formula is C20H27ClN2O. The van der Waals surface area contributed by atoms with Crippen molar-refractivity contribution >= 4 is 12.4 Å². The molecule has 1 saturated heterocycles. The number of nitrogens with zero attached hydrogens (tertiary/aromatic N) is 1. The van der Waals surface area contributed by atoms with Crippen molar-refractivity contribution in [3.63, 3.8) is 0 Å². The number of nitrogens with two attached hydrogens (primary N) is 1. The second-order valence-corrected chi connectivity index (χ2v) is 6.90. The number of hydrogen-bond acceptors (Lipinski definition) is 3. The fourth-order valence-corrected chi connectivity index (χ4v) is 3.16. The lowest BCUT2D eigenvalue weighted by Crippen LogP contribution is -2.31. The van der Waals surface area contributed by atoms with Gasteiger partial charge in [-0.05, 0) is 48.2 Å². The van der Waals surface area contributed by atoms with Crippen molar-refractivity contribution in [3.05, 3.63) is 65.7 Å². The monoisotopic (exact) mass is 346 g/mol. The molecule has 0 radical (unpaired) electrons. The largest absolute Gasteiger partial charge is 0.489 e. The molecule has 0 aliphatic carbocycles. The molecule has 1 aliphatic rings. The summed E-state index contributed by atoms with van der Waals surface area (Å²) in [6, 6.07) is 18.7. The highest BCUT2D eigenvalue weighted by Gasteiger charge is 2.32. The summed E-state index contributed by atoms with van der Waals surface area (Å²) in [6.45, 7) is 6.84. The van der Waals surface area contributed by atoms with E-state index in [1.54, 1.807) is 0 Å². The maximum absolute atomic E-state index is 5.92. The number of rotatable bonds is 6. The molecule has 2 aromatic carbocycles. The Balaban J connectivity index is 0.00000208. The van der Waals surface area contributed by atoms with E-state index >= 15 is 0 Å². The van der Waals surface area contributed by atoms with Crippen molar-refractivity contribution in [2.24, 2.45) is 11.1 Å². The molecule has 4 heteroatoms. The number of halogens is 1. The summed E-state index contributed by atoms with van der Waals surface area (Å²) >= 11 is 0. The molecule has 0 saturated carbocycles. The second kappa shape index (κ2) is 8.52. The van der Waals surface area contributed by atoms with Crippen molar-refractivity contribution in [1.82, 2.24) is 4.90 Å². The van der Waals surface area contributed by atoms with E-state index in [0.29, 0.717) is 6.61 Å². The van der Waals surface area contributed by atoms with E-state index in [1.807, 2.05) is 24.3 Å². The van der Waals surface area contributed by atoms with Crippen LogP contribution in [0.5, 0.6) is 5.75 Å². The number of ether oxygens (including phenoxy) is 1. The zero-order valence-corrected chi connectivity index (χ0v) is 15.1. The number of benzene rings is 2. The van der Waals surface area contributed by atoms with Crippen LogP contribution >= 0.6 is 12.4 Å². The van der Waals surface area contributed by atoms with Crippen LogP contribution in [0.2, 0.25) is 0 Å². The van der Waals surface area contributed by atoms with E-state index in [0.717, 1.165) is 31.9 Å². The summed E-state index contributed by atoms with van der Waals surface area (Å²) in [7, 11) is 0. The Kier molecular flexibility index (Phi) is 6.67. The molecule has 2 aromatic rings. The van der Waals surface area contributed by atoms with E-state index in [2.05, 4.69) is 42.2 Å². The van der Waals surface area contributed by atoms with Gasteiger partial charge in [-0.2, -0.15) is 0 Å². The Morgan fingerprint density at radius 2 is 1.83 bits per heavy atom. The summed E-state index contributed by atoms with van der Waals surface area (Å²) in [5.41, 5.74) is 8.67. The SMILES string of the molecule is CC1(CN)CCN(Cc2cccc(OCc3ccccc3)c2)C1.Cl. The Morgan fingerprint density at radius 1 is 1.08 bits per heavy atom. The van der Waals surface area contributed by atoms with Crippen LogP contribution in [0.25, 0.3) is 0 Å². The quantitative estimate of drug-likeness (QED) is 0.863. The zero-order valence-electron chi connectivity index (χ0n) is 14.3. The molecule has 3 rings (SSSR count). The second-order valence-electron chi connectivity index (χ2n) is 6.90. The zero-order chi connectivity index (χ0) is 16.1. The highest BCUT2D eigenvalue weighted by atomic mass is 35.5. The molecular weight excluding hydrogens is 320 g/mol. The van der Waals surface area contributed by atoms with Gasteiger partial charge in [-0.25, -0.2) is 0 Å². The van der Waals surface area contributed by atoms with Crippen molar-refractivity contribution < 1.29 is 4.74 Å². The van der Waals surface area contributed by atoms with Crippen LogP contribution < -0.4 is 10.5 Å². The topological polar surface area (TPSA) is 38.5 Å². The van der Waals surface area contributed by atoms with Gasteiger partial charge >= 0.3 is 0 Å². The average Bonchev–Trinajstić information content (AvgIpc) is 2.96. The minimum absolute atomic E-state index is 0. The normalized spacial score (nSPS) is 20.6. The summed E-state index contributed by atoms with van der Waals surface area (Å²) in [4.78, 5) is 2.49. The maximum Gasteiger partial charge on any atom is 0.120 e. The van der Waals surface area contributed by atoms with Crippen molar-refractivity contribution in [2.45, 2.75) is 26.5 Å². The van der Waals surface area contributed by atoms with Crippen LogP contribution in [0.15, 0.2) is 54.6 Å². The van der Waals surface area contributed by atoms with Crippen LogP contribution in [-0.4, -0.2) is 24.5 Å². The maximum atomic E-state index is 5.92. The summed E-state index contributed by atoms with van der Waals surface area (Å²) in [5.74, 6) is 0.937. The fourth-order valence-electron chi connectivity index (χ4n) is 3.16. The molecule has 0 aromatic heterocycles. The number of hydrogen-bond donors (Lipinski definition) is 1. The first-order chi connectivity index (χ1) is 11.2. The molecule has 0 bridgehead atoms. The van der Waals surface area contributed by atoms with E-state index in [4.69, 9.17) is 10.5 Å². The molecule has 1 fully saturated rings. The van der Waals surface area contributed by atoms with Gasteiger partial charge in [0.1, 0.15) is 12.4 Å². The van der Waals surface area contributed by atoms with Gasteiger partial charge in [0.2, 0.25) is 0 Å². The molecule has 2 N–H and O–H groups in total. The Morgan fingerprint density at radius 3 is 2.54 bits per heavy atom. The minimum Gasteiger partial charge on any atom is -0.489 e. The van der Waals surface area contributed by atoms with E-state index in [-0.39, 0.29) is 17.8 Å². The van der Waals surface area contributed by atoms with Gasteiger partial charge in [0, 0.05) is 13.1 Å². The van der Waals surface area contributed by atoms with E-state index in [9.17, 15) is 0 Å². The molecule has 1 heterocycles. The smallest absolute Gasteiger partial charge is 0.120 e. The molecule has 1 atom stereocenters. The lowest BCUT2D eigenvalue weighted by atomic mass is 9.90. The molecule has 0 spiro atoms. The van der Waals surface area contributed by atoms with E-state index < -0.39 is 0 Å². The third-order valence-electron chi connectivity index (χ3n) is 4.68. The van der Waals surface area contributed by atoms with Gasteiger partial charge in [0.05, 0.1) is 0 Å². The van der Waals surface area contributed by atoms with Crippen LogP contribution in [0.3, 0.4) is 0 Å². The van der Waals surface area contributed by atoms with Gasteiger partial charge in [-0.3, -0.25) is 4.90 Å². The van der Waals surface area contributed by atoms with Gasteiger partial charge in [0.15, 0.2) is 0 Å². The fraction of sp³-hybridized carbons (Fsp3) is 0.400. The molecule has 3 nitrogen and oxygen atoms in total.